The van der Waals surface area contributed by atoms with Crippen molar-refractivity contribution in [2.45, 2.75) is 19.0 Å². The molecule has 11 nitrogen and oxygen atoms in total. The average molecular weight is 410 g/mol. The van der Waals surface area contributed by atoms with E-state index in [0.29, 0.717) is 30.9 Å². The molecule has 5 rings (SSSR count). The SMILES string of the molecule is CC(C1CNCCN1)n1cnc2c(-c3cnc(N)nc3)nc(N3CCOCC3)nc21. The fraction of sp³-hybridized carbons (Fsp3) is 0.526. The number of imidazole rings is 1. The smallest absolute Gasteiger partial charge is 0.228 e. The molecule has 30 heavy (non-hydrogen) atoms. The molecule has 0 spiro atoms. The van der Waals surface area contributed by atoms with E-state index in [1.165, 1.54) is 0 Å². The molecule has 5 heterocycles. The predicted molar refractivity (Wildman–Crippen MR) is 113 cm³/mol. The van der Waals surface area contributed by atoms with Gasteiger partial charge >= 0.3 is 0 Å². The summed E-state index contributed by atoms with van der Waals surface area (Å²) in [5, 5.41) is 7.04. The van der Waals surface area contributed by atoms with Gasteiger partial charge in [0.05, 0.1) is 25.6 Å². The van der Waals surface area contributed by atoms with Crippen LogP contribution in [0, 0.1) is 0 Å². The van der Waals surface area contributed by atoms with Crippen molar-refractivity contribution < 1.29 is 4.74 Å². The van der Waals surface area contributed by atoms with Crippen molar-refractivity contribution in [1.29, 1.82) is 0 Å². The summed E-state index contributed by atoms with van der Waals surface area (Å²) in [7, 11) is 0. The first kappa shape index (κ1) is 19.1. The number of nitrogen functional groups attached to an aromatic ring is 1. The lowest BCUT2D eigenvalue weighted by Crippen LogP contribution is -2.51. The van der Waals surface area contributed by atoms with Gasteiger partial charge in [0, 0.05) is 56.7 Å². The fourth-order valence-electron chi connectivity index (χ4n) is 3.98. The average Bonchev–Trinajstić information content (AvgIpc) is 3.24. The summed E-state index contributed by atoms with van der Waals surface area (Å²) < 4.78 is 7.63. The molecule has 2 atom stereocenters. The Labute approximate surface area is 174 Å². The lowest BCUT2D eigenvalue weighted by atomic mass is 10.1. The van der Waals surface area contributed by atoms with Crippen LogP contribution < -0.4 is 21.3 Å². The monoisotopic (exact) mass is 410 g/mol. The molecule has 2 saturated heterocycles. The molecule has 0 radical (unpaired) electrons. The Balaban J connectivity index is 1.62. The van der Waals surface area contributed by atoms with E-state index in [1.807, 2.05) is 6.33 Å². The Hall–Kier alpha value is -2.89. The van der Waals surface area contributed by atoms with Crippen molar-refractivity contribution in [3.05, 3.63) is 18.7 Å². The van der Waals surface area contributed by atoms with E-state index in [1.54, 1.807) is 12.4 Å². The maximum Gasteiger partial charge on any atom is 0.228 e. The molecule has 0 saturated carbocycles. The molecular formula is C19H26N10O. The Morgan fingerprint density at radius 1 is 1.13 bits per heavy atom. The van der Waals surface area contributed by atoms with Crippen molar-refractivity contribution in [3.8, 4) is 11.3 Å². The number of ether oxygens (including phenoxy) is 1. The minimum Gasteiger partial charge on any atom is -0.378 e. The summed E-state index contributed by atoms with van der Waals surface area (Å²) in [5.74, 6) is 0.897. The first-order valence-corrected chi connectivity index (χ1v) is 10.3. The maximum atomic E-state index is 5.68. The summed E-state index contributed by atoms with van der Waals surface area (Å²) >= 11 is 0. The third kappa shape index (κ3) is 3.55. The molecule has 0 aromatic carbocycles. The second-order valence-corrected chi connectivity index (χ2v) is 7.63. The quantitative estimate of drug-likeness (QED) is 0.532. The summed E-state index contributed by atoms with van der Waals surface area (Å²) in [5.41, 5.74) is 8.69. The van der Waals surface area contributed by atoms with Crippen LogP contribution in [0.3, 0.4) is 0 Å². The number of aromatic nitrogens is 6. The number of nitrogens with one attached hydrogen (secondary N) is 2. The van der Waals surface area contributed by atoms with Gasteiger partial charge in [-0.3, -0.25) is 0 Å². The van der Waals surface area contributed by atoms with E-state index in [0.717, 1.165) is 49.5 Å². The highest BCUT2D eigenvalue weighted by molar-refractivity contribution is 5.88. The number of rotatable bonds is 4. The van der Waals surface area contributed by atoms with Gasteiger partial charge in [0.25, 0.3) is 0 Å². The summed E-state index contributed by atoms with van der Waals surface area (Å²) in [6, 6.07) is 0.465. The summed E-state index contributed by atoms with van der Waals surface area (Å²) in [4.78, 5) is 24.9. The van der Waals surface area contributed by atoms with E-state index in [-0.39, 0.29) is 12.0 Å². The number of nitrogens with zero attached hydrogens (tertiary/aromatic N) is 7. The third-order valence-electron chi connectivity index (χ3n) is 5.74. The number of fused-ring (bicyclic) bond motifs is 1. The van der Waals surface area contributed by atoms with E-state index in [4.69, 9.17) is 20.4 Å². The molecular weight excluding hydrogens is 384 g/mol. The molecule has 2 fully saturated rings. The Bertz CT molecular complexity index is 1010. The molecule has 2 unspecified atom stereocenters. The number of hydrogen-bond donors (Lipinski definition) is 3. The fourth-order valence-corrected chi connectivity index (χ4v) is 3.98. The minimum absolute atomic E-state index is 0.172. The van der Waals surface area contributed by atoms with Crippen LogP contribution in [0.4, 0.5) is 11.9 Å². The van der Waals surface area contributed by atoms with Gasteiger partial charge in [-0.05, 0) is 6.92 Å². The van der Waals surface area contributed by atoms with Gasteiger partial charge in [-0.1, -0.05) is 0 Å². The van der Waals surface area contributed by atoms with Crippen LogP contribution in [0.2, 0.25) is 0 Å². The second-order valence-electron chi connectivity index (χ2n) is 7.63. The van der Waals surface area contributed by atoms with Crippen molar-refractivity contribution in [2.24, 2.45) is 0 Å². The van der Waals surface area contributed by atoms with Crippen molar-refractivity contribution in [2.75, 3.05) is 56.6 Å². The molecule has 4 N–H and O–H groups in total. The van der Waals surface area contributed by atoms with Crippen LogP contribution >= 0.6 is 0 Å². The van der Waals surface area contributed by atoms with Gasteiger partial charge < -0.3 is 30.6 Å². The van der Waals surface area contributed by atoms with Gasteiger partial charge in [0.1, 0.15) is 11.2 Å². The van der Waals surface area contributed by atoms with Crippen molar-refractivity contribution in [1.82, 2.24) is 40.1 Å². The van der Waals surface area contributed by atoms with Gasteiger partial charge in [-0.25, -0.2) is 19.9 Å². The topological polar surface area (TPSA) is 132 Å². The van der Waals surface area contributed by atoms with Crippen LogP contribution in [0.5, 0.6) is 0 Å². The van der Waals surface area contributed by atoms with Crippen molar-refractivity contribution >= 4 is 23.1 Å². The van der Waals surface area contributed by atoms with E-state index in [2.05, 4.69) is 42.0 Å². The van der Waals surface area contributed by atoms with Gasteiger partial charge in [0.2, 0.25) is 11.9 Å². The number of hydrogen-bond acceptors (Lipinski definition) is 10. The van der Waals surface area contributed by atoms with Crippen molar-refractivity contribution in [3.63, 3.8) is 0 Å². The van der Waals surface area contributed by atoms with Crippen LogP contribution in [0.1, 0.15) is 13.0 Å². The molecule has 3 aromatic rings. The van der Waals surface area contributed by atoms with Crippen LogP contribution in [-0.4, -0.2) is 81.5 Å². The summed E-state index contributed by atoms with van der Waals surface area (Å²) in [6.45, 7) is 7.85. The molecule has 2 aliphatic heterocycles. The third-order valence-corrected chi connectivity index (χ3v) is 5.74. The molecule has 0 amide bonds. The highest BCUT2D eigenvalue weighted by Crippen LogP contribution is 2.29. The minimum atomic E-state index is 0.172. The van der Waals surface area contributed by atoms with Gasteiger partial charge in [0.15, 0.2) is 5.65 Å². The van der Waals surface area contributed by atoms with E-state index in [9.17, 15) is 0 Å². The number of anilines is 2. The lowest BCUT2D eigenvalue weighted by molar-refractivity contribution is 0.122. The zero-order valence-electron chi connectivity index (χ0n) is 17.0. The maximum absolute atomic E-state index is 5.68. The first-order valence-electron chi connectivity index (χ1n) is 10.3. The number of piperazine rings is 1. The molecule has 3 aromatic heterocycles. The largest absolute Gasteiger partial charge is 0.378 e. The zero-order valence-corrected chi connectivity index (χ0v) is 17.0. The Morgan fingerprint density at radius 2 is 1.93 bits per heavy atom. The molecule has 158 valence electrons. The molecule has 0 bridgehead atoms. The normalized spacial score (nSPS) is 21.1. The number of morpholine rings is 1. The highest BCUT2D eigenvalue weighted by atomic mass is 16.5. The molecule has 2 aliphatic rings. The van der Waals surface area contributed by atoms with Gasteiger partial charge in [-0.2, -0.15) is 4.98 Å². The Morgan fingerprint density at radius 3 is 2.67 bits per heavy atom. The Kier molecular flexibility index (Phi) is 5.15. The second kappa shape index (κ2) is 8.09. The molecule has 11 heteroatoms. The zero-order chi connectivity index (χ0) is 20.5. The lowest BCUT2D eigenvalue weighted by Gasteiger charge is -2.31. The van der Waals surface area contributed by atoms with E-state index < -0.39 is 0 Å². The predicted octanol–water partition coefficient (Wildman–Crippen LogP) is -0.175. The van der Waals surface area contributed by atoms with Crippen LogP contribution in [-0.2, 0) is 4.74 Å². The standard InChI is InChI=1S/C19H26N10O/c1-12(14-10-21-2-3-22-14)29-11-25-16-15(13-8-23-18(20)24-9-13)26-19(27-17(16)29)28-4-6-30-7-5-28/h8-9,11-12,14,21-22H,2-7,10H2,1H3,(H2,20,23,24). The first-order chi connectivity index (χ1) is 14.7. The van der Waals surface area contributed by atoms with Gasteiger partial charge in [-0.15, -0.1) is 0 Å². The van der Waals surface area contributed by atoms with Crippen LogP contribution in [0.25, 0.3) is 22.4 Å². The summed E-state index contributed by atoms with van der Waals surface area (Å²) in [6.07, 6.45) is 5.22. The highest BCUT2D eigenvalue weighted by Gasteiger charge is 2.25. The van der Waals surface area contributed by atoms with E-state index >= 15 is 0 Å². The molecule has 0 aliphatic carbocycles. The van der Waals surface area contributed by atoms with Crippen LogP contribution in [0.15, 0.2) is 18.7 Å². The number of nitrogens with two attached hydrogens (primary N) is 1.